The first-order valence-corrected chi connectivity index (χ1v) is 13.5. The predicted octanol–water partition coefficient (Wildman–Crippen LogP) is 3.44. The van der Waals surface area contributed by atoms with E-state index in [1.54, 1.807) is 12.1 Å². The van der Waals surface area contributed by atoms with E-state index in [0.29, 0.717) is 48.0 Å². The van der Waals surface area contributed by atoms with Crippen molar-refractivity contribution in [2.24, 2.45) is 10.9 Å². The third-order valence-electron chi connectivity index (χ3n) is 5.12. The van der Waals surface area contributed by atoms with Crippen molar-refractivity contribution in [2.45, 2.75) is 30.8 Å². The molecule has 1 amide bonds. The number of halogens is 4. The van der Waals surface area contributed by atoms with Crippen LogP contribution in [0.15, 0.2) is 47.2 Å². The molecule has 2 aliphatic rings. The zero-order valence-electron chi connectivity index (χ0n) is 18.4. The topological polar surface area (TPSA) is 145 Å². The molecular weight excluding hydrogens is 726 g/mol. The summed E-state index contributed by atoms with van der Waals surface area (Å²) in [5, 5.41) is 27.2. The number of hydrogen-bond acceptors (Lipinski definition) is 9. The van der Waals surface area contributed by atoms with E-state index in [2.05, 4.69) is 74.2 Å². The summed E-state index contributed by atoms with van der Waals surface area (Å²) >= 11 is 13.6. The predicted molar refractivity (Wildman–Crippen MR) is 142 cm³/mol. The monoisotopic (exact) mass is 745 g/mol. The van der Waals surface area contributed by atoms with Gasteiger partial charge in [-0.3, -0.25) is 4.79 Å². The number of aliphatic hydroxyl groups excluding tert-OH is 2. The van der Waals surface area contributed by atoms with Gasteiger partial charge in [0.15, 0.2) is 11.8 Å². The van der Waals surface area contributed by atoms with Crippen molar-refractivity contribution >= 4 is 75.3 Å². The van der Waals surface area contributed by atoms with E-state index < -0.39 is 23.9 Å². The fourth-order valence-electron chi connectivity index (χ4n) is 3.28. The highest BCUT2D eigenvalue weighted by Crippen LogP contribution is 2.41. The number of allylic oxidation sites excluding steroid dienone is 1. The highest BCUT2D eigenvalue weighted by atomic mass is 79.9. The smallest absolute Gasteiger partial charge is 0.311 e. The molecule has 0 aliphatic carbocycles. The number of amides is 1. The molecule has 0 aromatic heterocycles. The summed E-state index contributed by atoms with van der Waals surface area (Å²) < 4.78 is 19.1. The number of nitrogens with two attached hydrogens (primary N) is 1. The normalized spacial score (nSPS) is 22.6. The van der Waals surface area contributed by atoms with E-state index >= 15 is 0 Å². The van der Waals surface area contributed by atoms with Crippen molar-refractivity contribution < 1.29 is 34.1 Å². The Morgan fingerprint density at radius 2 is 2.03 bits per heavy atom. The van der Waals surface area contributed by atoms with Crippen LogP contribution in [-0.2, 0) is 19.1 Å². The van der Waals surface area contributed by atoms with E-state index in [0.717, 1.165) is 0 Å². The molecule has 3 atom stereocenters. The van der Waals surface area contributed by atoms with Crippen LogP contribution in [0.2, 0.25) is 0 Å². The van der Waals surface area contributed by atoms with Gasteiger partial charge in [-0.1, -0.05) is 21.1 Å². The molecule has 5 N–H and O–H groups in total. The number of aliphatic hydroxyl groups is 2. The molecule has 0 bridgehead atoms. The Morgan fingerprint density at radius 3 is 2.66 bits per heavy atom. The highest BCUT2D eigenvalue weighted by molar-refractivity contribution is 9.12. The molecule has 2 heterocycles. The maximum absolute atomic E-state index is 12.6. The first-order valence-electron chi connectivity index (χ1n) is 10.3. The average molecular weight is 749 g/mol. The van der Waals surface area contributed by atoms with Gasteiger partial charge in [0.05, 0.1) is 39.7 Å². The maximum Gasteiger partial charge on any atom is 0.311 e. The Labute approximate surface area is 235 Å². The van der Waals surface area contributed by atoms with Gasteiger partial charge in [-0.15, -0.1) is 0 Å². The van der Waals surface area contributed by atoms with Gasteiger partial charge in [0, 0.05) is 17.6 Å². The van der Waals surface area contributed by atoms with Gasteiger partial charge in [-0.05, 0) is 71.9 Å². The molecule has 3 rings (SSSR count). The Morgan fingerprint density at radius 1 is 1.34 bits per heavy atom. The van der Waals surface area contributed by atoms with Gasteiger partial charge in [-0.2, -0.15) is 0 Å². The molecule has 192 valence electrons. The van der Waals surface area contributed by atoms with Crippen LogP contribution in [0.1, 0.15) is 24.5 Å². The third kappa shape index (κ3) is 6.40. The number of hydrogen-bond donors (Lipinski definition) is 4. The largest absolute Gasteiger partial charge is 0.495 e. The van der Waals surface area contributed by atoms with E-state index in [1.165, 1.54) is 13.4 Å². The van der Waals surface area contributed by atoms with Crippen LogP contribution >= 0.6 is 63.7 Å². The first-order chi connectivity index (χ1) is 16.6. The molecule has 2 unspecified atom stereocenters. The fourth-order valence-corrected chi connectivity index (χ4v) is 6.26. The van der Waals surface area contributed by atoms with Crippen LogP contribution in [0.25, 0.3) is 0 Å². The summed E-state index contributed by atoms with van der Waals surface area (Å²) in [5.74, 6) is -1.15. The highest BCUT2D eigenvalue weighted by Gasteiger charge is 2.54. The molecule has 2 aliphatic heterocycles. The van der Waals surface area contributed by atoms with E-state index in [9.17, 15) is 15.0 Å². The second-order valence-electron chi connectivity index (χ2n) is 7.50. The number of nitrogens with zero attached hydrogens (tertiary/aromatic N) is 1. The van der Waals surface area contributed by atoms with Crippen molar-refractivity contribution in [1.82, 2.24) is 5.32 Å². The fraction of sp³-hybridized carbons (Fsp3) is 0.429. The van der Waals surface area contributed by atoms with Crippen LogP contribution in [-0.4, -0.2) is 60.5 Å². The summed E-state index contributed by atoms with van der Waals surface area (Å²) in [6.45, 7) is 0.666. The standard InChI is InChI=1S/C21H23Br4N3O7/c1-32-17-13(24)7-21(34-9-14(17)25)19(30)16(28-35-21)20(31)27-3-2-4-33-18-11(22)5-10(6-12(18)23)15(29)8-26/h5-6,9,15,19,29-30H,2-4,7-8,26H2,1H3,(H,27,31)/t15?,19-,21?/m0/s1. The zero-order chi connectivity index (χ0) is 25.8. The number of carbonyl (C=O) groups excluding carboxylic acids is 1. The number of ether oxygens (including phenoxy) is 3. The molecule has 35 heavy (non-hydrogen) atoms. The van der Waals surface area contributed by atoms with Crippen molar-refractivity contribution in [3.05, 3.63) is 47.6 Å². The molecule has 1 aromatic rings. The van der Waals surface area contributed by atoms with Crippen molar-refractivity contribution in [1.29, 1.82) is 0 Å². The third-order valence-corrected chi connectivity index (χ3v) is 7.48. The maximum atomic E-state index is 12.6. The number of benzene rings is 1. The summed E-state index contributed by atoms with van der Waals surface area (Å²) in [6.07, 6.45) is -0.353. The molecule has 0 saturated heterocycles. The second kappa shape index (κ2) is 12.4. The quantitative estimate of drug-likeness (QED) is 0.282. The minimum absolute atomic E-state index is 0.0575. The number of carbonyl (C=O) groups is 1. The number of nitrogens with one attached hydrogen (secondary N) is 1. The minimum atomic E-state index is -1.60. The van der Waals surface area contributed by atoms with E-state index in [-0.39, 0.29) is 25.2 Å². The van der Waals surface area contributed by atoms with Gasteiger partial charge in [0.2, 0.25) is 0 Å². The van der Waals surface area contributed by atoms with Gasteiger partial charge in [-0.25, -0.2) is 0 Å². The van der Waals surface area contributed by atoms with Gasteiger partial charge in [0.25, 0.3) is 5.91 Å². The van der Waals surface area contributed by atoms with Crippen LogP contribution in [0.5, 0.6) is 5.75 Å². The van der Waals surface area contributed by atoms with Crippen molar-refractivity contribution in [2.75, 3.05) is 26.8 Å². The minimum Gasteiger partial charge on any atom is -0.495 e. The van der Waals surface area contributed by atoms with Crippen LogP contribution in [0, 0.1) is 0 Å². The van der Waals surface area contributed by atoms with Gasteiger partial charge < -0.3 is 40.3 Å². The molecular formula is C21H23Br4N3O7. The van der Waals surface area contributed by atoms with E-state index in [4.69, 9.17) is 24.8 Å². The number of methoxy groups -OCH3 is 1. The molecule has 1 aromatic carbocycles. The summed E-state index contributed by atoms with van der Waals surface area (Å²) in [5.41, 5.74) is 5.96. The van der Waals surface area contributed by atoms with Crippen LogP contribution in [0.3, 0.4) is 0 Å². The number of oxime groups is 1. The molecule has 0 radical (unpaired) electrons. The molecule has 10 nitrogen and oxygen atoms in total. The van der Waals surface area contributed by atoms with Gasteiger partial charge >= 0.3 is 5.79 Å². The lowest BCUT2D eigenvalue weighted by Crippen LogP contribution is -2.49. The van der Waals surface area contributed by atoms with Gasteiger partial charge in [0.1, 0.15) is 17.8 Å². The number of rotatable bonds is 9. The van der Waals surface area contributed by atoms with Crippen molar-refractivity contribution in [3.63, 3.8) is 0 Å². The molecule has 0 saturated carbocycles. The Bertz CT molecular complexity index is 1040. The lowest BCUT2D eigenvalue weighted by atomic mass is 10.0. The average Bonchev–Trinajstić information content (AvgIpc) is 3.07. The lowest BCUT2D eigenvalue weighted by molar-refractivity contribution is -0.225. The molecule has 14 heteroatoms. The SMILES string of the molecule is COC1=C(Br)CC2(OC=C1Br)ON=C(C(=O)NCCCOc1c(Br)cc(C(O)CN)cc1Br)[C@@H]2O. The summed E-state index contributed by atoms with van der Waals surface area (Å²) in [6, 6.07) is 3.47. The van der Waals surface area contributed by atoms with Crippen LogP contribution in [0.4, 0.5) is 0 Å². The zero-order valence-corrected chi connectivity index (χ0v) is 24.7. The van der Waals surface area contributed by atoms with E-state index in [1.807, 2.05) is 0 Å². The first kappa shape index (κ1) is 28.4. The Hall–Kier alpha value is -1.16. The second-order valence-corrected chi connectivity index (χ2v) is 11.0. The summed E-state index contributed by atoms with van der Waals surface area (Å²) in [4.78, 5) is 18.0. The van der Waals surface area contributed by atoms with Crippen molar-refractivity contribution in [3.8, 4) is 5.75 Å². The summed E-state index contributed by atoms with van der Waals surface area (Å²) in [7, 11) is 1.49. The molecule has 1 spiro atoms. The molecule has 0 fully saturated rings. The van der Waals surface area contributed by atoms with Crippen LogP contribution < -0.4 is 15.8 Å². The Balaban J connectivity index is 1.51. The lowest BCUT2D eigenvalue weighted by Gasteiger charge is -2.27. The Kier molecular flexibility index (Phi) is 10.1.